The summed E-state index contributed by atoms with van der Waals surface area (Å²) in [5.41, 5.74) is 13.3. The molecular weight excluding hydrogens is 802 g/mol. The number of hydrogen-bond acceptors (Lipinski definition) is 11. The Hall–Kier alpha value is -5.26. The zero-order chi connectivity index (χ0) is 42.7. The van der Waals surface area contributed by atoms with Crippen molar-refractivity contribution in [1.82, 2.24) is 35.2 Å². The number of nitrogens with zero attached hydrogens (tertiary/aromatic N) is 7. The quantitative estimate of drug-likeness (QED) is 0.235. The summed E-state index contributed by atoms with van der Waals surface area (Å²) >= 11 is 0. The molecule has 4 N–H and O–H groups in total. The van der Waals surface area contributed by atoms with Crippen LogP contribution in [0.1, 0.15) is 84.2 Å². The first-order chi connectivity index (χ1) is 29.7. The van der Waals surface area contributed by atoms with Crippen molar-refractivity contribution in [3.8, 4) is 5.75 Å². The number of carbonyl (C=O) groups is 3. The maximum absolute atomic E-state index is 13.9. The number of nitrogens with one attached hydrogen (secondary N) is 2. The highest BCUT2D eigenvalue weighted by Gasteiger charge is 2.50. The minimum atomic E-state index is -4.34. The molecule has 7 aliphatic rings. The fourth-order valence-electron chi connectivity index (χ4n) is 12.1. The topological polar surface area (TPSA) is 156 Å². The van der Waals surface area contributed by atoms with Gasteiger partial charge in [0.1, 0.15) is 24.1 Å². The summed E-state index contributed by atoms with van der Waals surface area (Å²) in [5, 5.41) is 10.5. The fraction of sp³-hybridized carbons (Fsp3) is 0.533. The molecule has 4 aromatic rings. The summed E-state index contributed by atoms with van der Waals surface area (Å²) in [7, 11) is 0. The number of nitrogens with two attached hydrogens (primary N) is 1. The van der Waals surface area contributed by atoms with Crippen LogP contribution in [0.2, 0.25) is 0 Å². The van der Waals surface area contributed by atoms with Gasteiger partial charge < -0.3 is 25.2 Å². The molecule has 62 heavy (non-hydrogen) atoms. The summed E-state index contributed by atoms with van der Waals surface area (Å²) in [4.78, 5) is 52.8. The average Bonchev–Trinajstić information content (AvgIpc) is 3.85. The van der Waals surface area contributed by atoms with Gasteiger partial charge in [-0.15, -0.1) is 0 Å². The second kappa shape index (κ2) is 14.4. The van der Waals surface area contributed by atoms with Crippen LogP contribution >= 0.6 is 0 Å². The number of aromatic nitrogens is 3. The van der Waals surface area contributed by atoms with E-state index in [0.717, 1.165) is 84.5 Å². The van der Waals surface area contributed by atoms with Crippen molar-refractivity contribution < 1.29 is 32.3 Å². The molecule has 0 radical (unpaired) electrons. The van der Waals surface area contributed by atoms with Crippen molar-refractivity contribution in [1.29, 1.82) is 0 Å². The van der Waals surface area contributed by atoms with E-state index >= 15 is 0 Å². The van der Waals surface area contributed by atoms with Crippen LogP contribution in [0.5, 0.6) is 5.75 Å². The number of hydrogen-bond donors (Lipinski definition) is 3. The van der Waals surface area contributed by atoms with Gasteiger partial charge in [-0.3, -0.25) is 39.6 Å². The number of aromatic amines is 1. The number of alkyl halides is 3. The number of piperidine rings is 2. The first-order valence-electron chi connectivity index (χ1n) is 22.0. The molecule has 11 rings (SSSR count). The van der Waals surface area contributed by atoms with Crippen LogP contribution < -0.4 is 25.6 Å². The molecule has 3 saturated heterocycles. The van der Waals surface area contributed by atoms with E-state index in [1.54, 1.807) is 16.0 Å². The van der Waals surface area contributed by atoms with Gasteiger partial charge in [-0.1, -0.05) is 6.07 Å². The first-order valence-corrected chi connectivity index (χ1v) is 22.0. The maximum atomic E-state index is 13.9. The predicted octanol–water partition coefficient (Wildman–Crippen LogP) is 4.48. The van der Waals surface area contributed by atoms with Crippen LogP contribution in [0.4, 0.5) is 24.5 Å². The smallest absolute Gasteiger partial charge is 0.401 e. The molecule has 17 heteroatoms. The van der Waals surface area contributed by atoms with Crippen molar-refractivity contribution >= 4 is 40.0 Å². The van der Waals surface area contributed by atoms with Gasteiger partial charge in [-0.05, 0) is 98.2 Å². The monoisotopic (exact) mass is 852 g/mol. The molecule has 3 amide bonds. The molecule has 6 aliphatic heterocycles. The number of rotatable bonds is 6. The molecule has 326 valence electrons. The van der Waals surface area contributed by atoms with E-state index in [4.69, 9.17) is 15.5 Å². The third-order valence-corrected chi connectivity index (χ3v) is 15.1. The Labute approximate surface area is 356 Å². The van der Waals surface area contributed by atoms with Gasteiger partial charge in [0.25, 0.3) is 5.91 Å². The molecule has 1 unspecified atom stereocenters. The van der Waals surface area contributed by atoms with Crippen LogP contribution in [0.3, 0.4) is 0 Å². The average molecular weight is 853 g/mol. The highest BCUT2D eigenvalue weighted by atomic mass is 19.4. The number of ether oxygens (including phenoxy) is 1. The van der Waals surface area contributed by atoms with Crippen LogP contribution in [-0.2, 0) is 22.6 Å². The molecule has 1 aliphatic carbocycles. The van der Waals surface area contributed by atoms with Crippen LogP contribution in [0.15, 0.2) is 48.8 Å². The number of anilines is 2. The third kappa shape index (κ3) is 6.60. The second-order valence-corrected chi connectivity index (χ2v) is 19.0. The number of amides is 3. The Morgan fingerprint density at radius 2 is 1.81 bits per heavy atom. The number of pyridine rings is 1. The summed E-state index contributed by atoms with van der Waals surface area (Å²) in [5.74, 6) is 0.280. The zero-order valence-electron chi connectivity index (χ0n) is 34.7. The van der Waals surface area contributed by atoms with E-state index in [9.17, 15) is 27.6 Å². The minimum Gasteiger partial charge on any atom is -0.487 e. The summed E-state index contributed by atoms with van der Waals surface area (Å²) < 4.78 is 48.2. The van der Waals surface area contributed by atoms with Gasteiger partial charge in [0, 0.05) is 68.2 Å². The number of piperazine rings is 1. The Bertz CT molecular complexity index is 2460. The Balaban J connectivity index is 0.704. The molecule has 4 atom stereocenters. The lowest BCUT2D eigenvalue weighted by Gasteiger charge is -2.56. The Morgan fingerprint density at radius 3 is 2.56 bits per heavy atom. The van der Waals surface area contributed by atoms with E-state index in [1.165, 1.54) is 12.8 Å². The summed E-state index contributed by atoms with van der Waals surface area (Å²) in [6.07, 6.45) is 4.82. The SMILES string of the molecule is C[C@@H]1Cc2c(ccc3[nH]ncc23)[C@@H](c2ccc(N3CCC4(CC3)CC(CN3CCN5c6ccc7c(c6OC[C@@]5(N)C3)CN(C3CCC(=O)NC3=O)C7=O)C4)cn2)N1CC(F)(F)F. The highest BCUT2D eigenvalue weighted by molar-refractivity contribution is 6.06. The van der Waals surface area contributed by atoms with Gasteiger partial charge in [0.2, 0.25) is 11.8 Å². The maximum Gasteiger partial charge on any atom is 0.401 e. The normalized spacial score (nSPS) is 27.7. The van der Waals surface area contributed by atoms with E-state index in [2.05, 4.69) is 30.2 Å². The standard InChI is InChI=1S/C45H51F3N10O4/c1-26-16-31-29(3-6-34-32(31)20-51-53-34)39(57(26)24-45(46,47)48)35-5-2-28(19-50-35)55-12-10-43(11-13-55)17-27(18-43)21-54-14-15-58-36-7-4-30-33(40(36)62-25-44(58,49)23-54)22-56(42(30)61)37-8-9-38(59)52-41(37)60/h2-7,19-20,26-27,37,39H,8-18,21-25,49H2,1H3,(H,51,53)(H,52,59,60)/t26-,37?,39+,44-/m1/s1. The summed E-state index contributed by atoms with van der Waals surface area (Å²) in [6.45, 7) is 6.47. The van der Waals surface area contributed by atoms with Gasteiger partial charge >= 0.3 is 6.18 Å². The fourth-order valence-corrected chi connectivity index (χ4v) is 12.1. The number of imide groups is 1. The first kappa shape index (κ1) is 39.6. The van der Waals surface area contributed by atoms with E-state index < -0.39 is 36.4 Å². The van der Waals surface area contributed by atoms with Crippen molar-refractivity contribution in [3.05, 3.63) is 76.7 Å². The lowest BCUT2D eigenvalue weighted by atomic mass is 9.57. The van der Waals surface area contributed by atoms with E-state index in [-0.39, 0.29) is 37.4 Å². The number of benzene rings is 2. The molecular formula is C45H51F3N10O4. The molecule has 8 heterocycles. The predicted molar refractivity (Wildman–Crippen MR) is 223 cm³/mol. The number of fused-ring (bicyclic) bond motifs is 8. The molecule has 2 aromatic heterocycles. The molecule has 2 aromatic carbocycles. The Morgan fingerprint density at radius 1 is 0.984 bits per heavy atom. The van der Waals surface area contributed by atoms with Crippen molar-refractivity contribution in [2.75, 3.05) is 62.2 Å². The second-order valence-electron chi connectivity index (χ2n) is 19.0. The lowest BCUT2D eigenvalue weighted by molar-refractivity contribution is -0.155. The third-order valence-electron chi connectivity index (χ3n) is 15.1. The molecule has 4 fully saturated rings. The van der Waals surface area contributed by atoms with Gasteiger partial charge in [0.15, 0.2) is 0 Å². The number of H-pyrrole nitrogens is 1. The van der Waals surface area contributed by atoms with E-state index in [1.807, 2.05) is 49.5 Å². The molecule has 1 saturated carbocycles. The van der Waals surface area contributed by atoms with Gasteiger partial charge in [0.05, 0.1) is 54.1 Å². The Kier molecular flexibility index (Phi) is 9.19. The lowest BCUT2D eigenvalue weighted by Crippen LogP contribution is -2.72. The molecule has 1 spiro atoms. The molecule has 14 nitrogen and oxygen atoms in total. The molecule has 0 bridgehead atoms. The minimum absolute atomic E-state index is 0.203. The largest absolute Gasteiger partial charge is 0.487 e. The van der Waals surface area contributed by atoms with Crippen LogP contribution in [0, 0.1) is 11.3 Å². The van der Waals surface area contributed by atoms with Crippen LogP contribution in [0.25, 0.3) is 10.9 Å². The van der Waals surface area contributed by atoms with Crippen LogP contribution in [-0.4, -0.2) is 124 Å². The van der Waals surface area contributed by atoms with Crippen molar-refractivity contribution in [2.45, 2.75) is 88.4 Å². The highest BCUT2D eigenvalue weighted by Crippen LogP contribution is 2.54. The van der Waals surface area contributed by atoms with Crippen molar-refractivity contribution in [3.63, 3.8) is 0 Å². The van der Waals surface area contributed by atoms with Gasteiger partial charge in [-0.25, -0.2) is 0 Å². The van der Waals surface area contributed by atoms with Crippen molar-refractivity contribution in [2.24, 2.45) is 17.1 Å². The van der Waals surface area contributed by atoms with Gasteiger partial charge in [-0.2, -0.15) is 18.3 Å². The zero-order valence-corrected chi connectivity index (χ0v) is 34.7. The number of carbonyl (C=O) groups excluding carboxylic acids is 3. The number of halogens is 3. The van der Waals surface area contributed by atoms with E-state index in [0.29, 0.717) is 47.7 Å². The summed E-state index contributed by atoms with van der Waals surface area (Å²) in [6, 6.07) is 9.87.